The van der Waals surface area contributed by atoms with Gasteiger partial charge in [0.2, 0.25) is 0 Å². The standard InChI is InChI=1S/C40H44N4O5.Ni/c1-27-16-11-12-21-30(27)35(43-39(48)49-40(2,3)4)36(38(46)47)42-34(29-19-9-6-10-20-29)31-22-13-14-23-32(31)41-37(45)33-24-15-25-44(33)26-28-17-7-5-8-18-28;/h5-14,16-23,33,35-36H,15,24-26H2,1-4H3,(H,41,45)(H,43,48)(H,46,47);/q;+2/p-2/t33-,35+,36-;/m1./s1. The maximum atomic E-state index is 13.8. The number of amides is 1. The van der Waals surface area contributed by atoms with Gasteiger partial charge in [-0.25, -0.2) is 4.79 Å². The van der Waals surface area contributed by atoms with Gasteiger partial charge in [0, 0.05) is 23.7 Å². The molecule has 1 fully saturated rings. The predicted molar refractivity (Wildman–Crippen MR) is 188 cm³/mol. The van der Waals surface area contributed by atoms with Gasteiger partial charge in [-0.1, -0.05) is 103 Å². The van der Waals surface area contributed by atoms with Crippen molar-refractivity contribution < 1.29 is 41.0 Å². The van der Waals surface area contributed by atoms with E-state index in [1.54, 1.807) is 57.2 Å². The number of aryl methyl sites for hydroxylation is 1. The fourth-order valence-corrected chi connectivity index (χ4v) is 6.07. The Labute approximate surface area is 304 Å². The molecule has 10 heteroatoms. The van der Waals surface area contributed by atoms with Gasteiger partial charge in [-0.15, -0.1) is 0 Å². The minimum absolute atomic E-state index is 0. The van der Waals surface area contributed by atoms with Gasteiger partial charge >= 0.3 is 22.6 Å². The summed E-state index contributed by atoms with van der Waals surface area (Å²) in [4.78, 5) is 37.7. The number of para-hydroxylation sites is 1. The summed E-state index contributed by atoms with van der Waals surface area (Å²) in [6.45, 7) is 8.44. The van der Waals surface area contributed by atoms with Gasteiger partial charge in [-0.05, 0) is 75.7 Å². The predicted octanol–water partition coefficient (Wildman–Crippen LogP) is 5.27. The number of carbonyl (C=O) groups excluding carboxylic acids is 2. The molecule has 1 heterocycles. The Kier molecular flexibility index (Phi) is 13.1. The van der Waals surface area contributed by atoms with E-state index in [0.29, 0.717) is 41.1 Å². The van der Waals surface area contributed by atoms with E-state index in [2.05, 4.69) is 15.2 Å². The van der Waals surface area contributed by atoms with Crippen molar-refractivity contribution >= 4 is 29.4 Å². The number of likely N-dealkylation sites (tertiary alicyclic amines) is 1. The molecule has 0 unspecified atom stereocenters. The van der Waals surface area contributed by atoms with Gasteiger partial charge in [0.1, 0.15) is 11.6 Å². The van der Waals surface area contributed by atoms with Crippen molar-refractivity contribution in [2.75, 3.05) is 6.54 Å². The first kappa shape index (κ1) is 38.0. The molecule has 50 heavy (non-hydrogen) atoms. The van der Waals surface area contributed by atoms with Crippen LogP contribution in [0.25, 0.3) is 0 Å². The van der Waals surface area contributed by atoms with E-state index >= 15 is 0 Å². The molecular weight excluding hydrogens is 675 g/mol. The van der Waals surface area contributed by atoms with Crippen LogP contribution >= 0.6 is 0 Å². The van der Waals surface area contributed by atoms with Gasteiger partial charge in [-0.2, -0.15) is 0 Å². The van der Waals surface area contributed by atoms with Crippen molar-refractivity contribution in [3.63, 3.8) is 0 Å². The maximum absolute atomic E-state index is 13.8. The number of aliphatic carboxylic acids is 1. The summed E-state index contributed by atoms with van der Waals surface area (Å²) < 4.78 is 5.52. The van der Waals surface area contributed by atoms with Gasteiger partial charge in [0.15, 0.2) is 0 Å². The van der Waals surface area contributed by atoms with E-state index in [1.165, 1.54) is 0 Å². The van der Waals surface area contributed by atoms with Crippen molar-refractivity contribution in [3.05, 3.63) is 137 Å². The number of hydrogen-bond donors (Lipinski definition) is 1. The monoisotopic (exact) mass is 716 g/mol. The van der Waals surface area contributed by atoms with Crippen LogP contribution in [0.4, 0.5) is 10.5 Å². The number of carboxylic acid groups (broad SMARTS) is 1. The van der Waals surface area contributed by atoms with Crippen LogP contribution in [0.5, 0.6) is 0 Å². The number of rotatable bonds is 11. The molecule has 1 aliphatic rings. The number of alkyl carbamates (subject to hydrolysis) is 1. The van der Waals surface area contributed by atoms with Crippen LogP contribution in [0, 0.1) is 6.92 Å². The van der Waals surface area contributed by atoms with Crippen molar-refractivity contribution in [1.82, 2.24) is 10.2 Å². The largest absolute Gasteiger partial charge is 2.00 e. The van der Waals surface area contributed by atoms with Crippen LogP contribution in [-0.4, -0.2) is 52.8 Å². The molecule has 1 amide bonds. The molecule has 0 bridgehead atoms. The Morgan fingerprint density at radius 3 is 2.18 bits per heavy atom. The normalized spacial score (nSPS) is 16.6. The number of ether oxygens (including phenoxy) is 1. The minimum atomic E-state index is -1.58. The number of hydrogen-bond acceptors (Lipinski definition) is 8. The summed E-state index contributed by atoms with van der Waals surface area (Å²) in [5.74, 6) is -1.76. The van der Waals surface area contributed by atoms with Crippen LogP contribution < -0.4 is 15.5 Å². The maximum Gasteiger partial charge on any atom is 2.00 e. The molecular formula is C40H42N4NiO5. The molecule has 4 aromatic rings. The Morgan fingerprint density at radius 1 is 0.900 bits per heavy atom. The molecule has 4 aromatic carbocycles. The van der Waals surface area contributed by atoms with Crippen LogP contribution in [0.3, 0.4) is 0 Å². The second-order valence-electron chi connectivity index (χ2n) is 13.2. The molecule has 1 saturated heterocycles. The van der Waals surface area contributed by atoms with Gasteiger partial charge in [0.05, 0.1) is 23.4 Å². The number of carbonyl (C=O) groups is 2. The zero-order valence-electron chi connectivity index (χ0n) is 28.7. The van der Waals surface area contributed by atoms with E-state index in [0.717, 1.165) is 24.1 Å². The molecule has 262 valence electrons. The quantitative estimate of drug-likeness (QED) is 0.128. The van der Waals surface area contributed by atoms with E-state index in [-0.39, 0.29) is 28.4 Å². The summed E-state index contributed by atoms with van der Waals surface area (Å²) in [5.41, 5.74) is 3.34. The summed E-state index contributed by atoms with van der Waals surface area (Å²) in [5, 5.41) is 29.6. The molecule has 1 aliphatic heterocycles. The average Bonchev–Trinajstić information content (AvgIpc) is 3.53. The second kappa shape index (κ2) is 17.2. The van der Waals surface area contributed by atoms with Gasteiger partial charge < -0.3 is 25.1 Å². The Balaban J connectivity index is 0.00000562. The van der Waals surface area contributed by atoms with E-state index < -0.39 is 29.7 Å². The Hall–Kier alpha value is -4.79. The molecule has 1 N–H and O–H groups in total. The second-order valence-corrected chi connectivity index (χ2v) is 13.2. The summed E-state index contributed by atoms with van der Waals surface area (Å²) >= 11 is 0. The molecule has 9 nitrogen and oxygen atoms in total. The zero-order valence-corrected chi connectivity index (χ0v) is 29.6. The molecule has 3 atom stereocenters. The number of aliphatic imine (C=N–C) groups is 2. The van der Waals surface area contributed by atoms with Crippen molar-refractivity contribution in [3.8, 4) is 0 Å². The minimum Gasteiger partial charge on any atom is -0.861 e. The Bertz CT molecular complexity index is 1810. The third-order valence-electron chi connectivity index (χ3n) is 8.34. The first-order valence-corrected chi connectivity index (χ1v) is 16.5. The van der Waals surface area contributed by atoms with Crippen LogP contribution in [0.2, 0.25) is 0 Å². The van der Waals surface area contributed by atoms with E-state index in [4.69, 9.17) is 9.73 Å². The van der Waals surface area contributed by atoms with Gasteiger partial charge in [-0.3, -0.25) is 14.9 Å². The fourth-order valence-electron chi connectivity index (χ4n) is 6.07. The zero-order chi connectivity index (χ0) is 35.0. The summed E-state index contributed by atoms with van der Waals surface area (Å²) in [6, 6.07) is 30.3. The first-order valence-electron chi connectivity index (χ1n) is 16.5. The van der Waals surface area contributed by atoms with Crippen LogP contribution in [-0.2, 0) is 32.6 Å². The molecule has 0 saturated carbocycles. The summed E-state index contributed by atoms with van der Waals surface area (Å²) in [7, 11) is 0. The van der Waals surface area contributed by atoms with Crippen LogP contribution in [0.15, 0.2) is 119 Å². The fraction of sp³-hybridized carbons (Fsp3) is 0.300. The van der Waals surface area contributed by atoms with E-state index in [9.17, 15) is 19.8 Å². The summed E-state index contributed by atoms with van der Waals surface area (Å²) in [6.07, 6.45) is 0.786. The first-order chi connectivity index (χ1) is 23.5. The molecule has 0 radical (unpaired) electrons. The van der Waals surface area contributed by atoms with Gasteiger partial charge in [0.25, 0.3) is 0 Å². The molecule has 0 aromatic heterocycles. The number of benzene rings is 4. The van der Waals surface area contributed by atoms with Crippen molar-refractivity contribution in [1.29, 1.82) is 0 Å². The number of carboxylic acids is 1. The number of nitrogens with one attached hydrogen (secondary N) is 1. The molecule has 5 rings (SSSR count). The third-order valence-corrected chi connectivity index (χ3v) is 8.34. The number of nitrogens with zero attached hydrogens (tertiary/aromatic N) is 3. The third kappa shape index (κ3) is 9.90. The smallest absolute Gasteiger partial charge is 0.861 e. The van der Waals surface area contributed by atoms with Crippen LogP contribution in [0.1, 0.15) is 67.5 Å². The molecule has 0 spiro atoms. The topological polar surface area (TPSA) is 129 Å². The Morgan fingerprint density at radius 2 is 1.52 bits per heavy atom. The van der Waals surface area contributed by atoms with E-state index in [1.807, 2.05) is 79.7 Å². The SMILES string of the molecule is Cc1ccccc1[C@H](NC(=O)OC(C)(C)C)[C@@H](N=C(c1ccccc1)c1ccccc1N=C([O-])[C@H]1CCCN1Cc1ccccc1)C(=O)[O-].[Ni+2]. The van der Waals surface area contributed by atoms with Crippen molar-refractivity contribution in [2.45, 2.75) is 70.8 Å². The molecule has 0 aliphatic carbocycles. The van der Waals surface area contributed by atoms with Crippen molar-refractivity contribution in [2.24, 2.45) is 9.98 Å². The average molecular weight is 717 g/mol.